The van der Waals surface area contributed by atoms with Gasteiger partial charge in [-0.25, -0.2) is 4.79 Å². The number of ether oxygens (including phenoxy) is 2. The average molecular weight is 384 g/mol. The van der Waals surface area contributed by atoms with Crippen molar-refractivity contribution in [2.75, 3.05) is 7.11 Å². The molecule has 0 N–H and O–H groups in total. The predicted molar refractivity (Wildman–Crippen MR) is 114 cm³/mol. The fraction of sp³-hybridized carbons (Fsp3) is 0.0400. The van der Waals surface area contributed by atoms with E-state index in [4.69, 9.17) is 9.47 Å². The number of hydrogen-bond acceptors (Lipinski definition) is 4. The van der Waals surface area contributed by atoms with Gasteiger partial charge in [0.15, 0.2) is 5.78 Å². The van der Waals surface area contributed by atoms with Crippen LogP contribution in [-0.4, -0.2) is 18.9 Å². The zero-order valence-electron chi connectivity index (χ0n) is 15.9. The molecule has 0 saturated heterocycles. The van der Waals surface area contributed by atoms with Crippen LogP contribution in [0, 0.1) is 0 Å². The third-order valence-electron chi connectivity index (χ3n) is 4.12. The van der Waals surface area contributed by atoms with Gasteiger partial charge in [-0.1, -0.05) is 48.5 Å². The molecule has 0 spiro atoms. The van der Waals surface area contributed by atoms with E-state index in [2.05, 4.69) is 0 Å². The molecule has 0 atom stereocenters. The van der Waals surface area contributed by atoms with E-state index >= 15 is 0 Å². The first-order valence-corrected chi connectivity index (χ1v) is 9.06. The van der Waals surface area contributed by atoms with Gasteiger partial charge in [0.25, 0.3) is 0 Å². The third kappa shape index (κ3) is 5.78. The molecule has 4 heteroatoms. The van der Waals surface area contributed by atoms with Crippen molar-refractivity contribution in [3.8, 4) is 11.5 Å². The molecule has 0 aliphatic carbocycles. The van der Waals surface area contributed by atoms with Gasteiger partial charge in [-0.2, -0.15) is 0 Å². The van der Waals surface area contributed by atoms with Gasteiger partial charge in [-0.3, -0.25) is 4.79 Å². The third-order valence-corrected chi connectivity index (χ3v) is 4.12. The molecule has 0 fully saturated rings. The Hall–Kier alpha value is -3.92. The predicted octanol–water partition coefficient (Wildman–Crippen LogP) is 5.21. The van der Waals surface area contributed by atoms with Crippen LogP contribution in [0.4, 0.5) is 0 Å². The van der Waals surface area contributed by atoms with Crippen molar-refractivity contribution in [2.45, 2.75) is 0 Å². The normalized spacial score (nSPS) is 10.9. The molecule has 0 unspecified atom stereocenters. The van der Waals surface area contributed by atoms with Crippen molar-refractivity contribution in [1.29, 1.82) is 0 Å². The smallest absolute Gasteiger partial charge is 0.336 e. The van der Waals surface area contributed by atoms with Crippen LogP contribution in [0.1, 0.15) is 21.5 Å². The molecule has 0 aliphatic heterocycles. The van der Waals surface area contributed by atoms with E-state index < -0.39 is 5.97 Å². The van der Waals surface area contributed by atoms with Gasteiger partial charge in [0, 0.05) is 17.2 Å². The van der Waals surface area contributed by atoms with Crippen LogP contribution < -0.4 is 9.47 Å². The van der Waals surface area contributed by atoms with Crippen LogP contribution >= 0.6 is 0 Å². The molecular formula is C25H20O4. The minimum atomic E-state index is -0.482. The quantitative estimate of drug-likeness (QED) is 0.243. The van der Waals surface area contributed by atoms with Gasteiger partial charge in [0.2, 0.25) is 0 Å². The maximum Gasteiger partial charge on any atom is 0.336 e. The van der Waals surface area contributed by atoms with E-state index in [9.17, 15) is 9.59 Å². The van der Waals surface area contributed by atoms with Crippen molar-refractivity contribution in [3.63, 3.8) is 0 Å². The van der Waals surface area contributed by atoms with Gasteiger partial charge in [0.05, 0.1) is 7.11 Å². The topological polar surface area (TPSA) is 52.6 Å². The van der Waals surface area contributed by atoms with E-state index in [-0.39, 0.29) is 5.78 Å². The van der Waals surface area contributed by atoms with Crippen LogP contribution in [0.5, 0.6) is 11.5 Å². The largest absolute Gasteiger partial charge is 0.496 e. The summed E-state index contributed by atoms with van der Waals surface area (Å²) in [5.41, 5.74) is 2.22. The van der Waals surface area contributed by atoms with Crippen LogP contribution in [-0.2, 0) is 4.79 Å². The second-order valence-electron chi connectivity index (χ2n) is 6.13. The van der Waals surface area contributed by atoms with Crippen LogP contribution in [0.25, 0.3) is 12.2 Å². The minimum Gasteiger partial charge on any atom is -0.496 e. The molecule has 0 radical (unpaired) electrons. The highest BCUT2D eigenvalue weighted by atomic mass is 16.5. The highest BCUT2D eigenvalue weighted by Gasteiger charge is 2.05. The molecule has 144 valence electrons. The number of allylic oxidation sites excluding steroid dienone is 1. The maximum atomic E-state index is 12.4. The molecule has 3 rings (SSSR count). The van der Waals surface area contributed by atoms with E-state index in [0.29, 0.717) is 17.1 Å². The number of ketones is 1. The summed E-state index contributed by atoms with van der Waals surface area (Å²) in [4.78, 5) is 24.3. The van der Waals surface area contributed by atoms with Gasteiger partial charge in [-0.15, -0.1) is 0 Å². The Labute approximate surface area is 169 Å². The van der Waals surface area contributed by atoms with Crippen LogP contribution in [0.2, 0.25) is 0 Å². The number of methoxy groups -OCH3 is 1. The minimum absolute atomic E-state index is 0.155. The molecular weight excluding hydrogens is 364 g/mol. The van der Waals surface area contributed by atoms with Crippen LogP contribution in [0.15, 0.2) is 91.0 Å². The highest BCUT2D eigenvalue weighted by molar-refractivity contribution is 6.07. The monoisotopic (exact) mass is 384 g/mol. The number of esters is 1. The first-order chi connectivity index (χ1) is 14.2. The maximum absolute atomic E-state index is 12.4. The summed E-state index contributed by atoms with van der Waals surface area (Å²) in [7, 11) is 1.59. The Morgan fingerprint density at radius 1 is 0.759 bits per heavy atom. The van der Waals surface area contributed by atoms with Crippen molar-refractivity contribution < 1.29 is 19.1 Å². The fourth-order valence-corrected chi connectivity index (χ4v) is 2.63. The summed E-state index contributed by atoms with van der Waals surface area (Å²) in [6.07, 6.45) is 6.25. The van der Waals surface area contributed by atoms with Crippen molar-refractivity contribution in [2.24, 2.45) is 0 Å². The van der Waals surface area contributed by atoms with E-state index in [1.54, 1.807) is 43.5 Å². The molecule has 0 aliphatic rings. The molecule has 29 heavy (non-hydrogen) atoms. The molecule has 0 aromatic heterocycles. The first-order valence-electron chi connectivity index (χ1n) is 9.06. The molecule has 4 nitrogen and oxygen atoms in total. The number of hydrogen-bond donors (Lipinski definition) is 0. The fourth-order valence-electron chi connectivity index (χ4n) is 2.63. The number of benzene rings is 3. The summed E-state index contributed by atoms with van der Waals surface area (Å²) >= 11 is 0. The second-order valence-corrected chi connectivity index (χ2v) is 6.13. The average Bonchev–Trinajstić information content (AvgIpc) is 2.77. The van der Waals surface area contributed by atoms with Gasteiger partial charge < -0.3 is 9.47 Å². The van der Waals surface area contributed by atoms with E-state index in [1.807, 2.05) is 54.6 Å². The summed E-state index contributed by atoms with van der Waals surface area (Å²) < 4.78 is 10.5. The van der Waals surface area contributed by atoms with Gasteiger partial charge in [-0.05, 0) is 54.1 Å². The zero-order valence-corrected chi connectivity index (χ0v) is 15.9. The number of para-hydroxylation sites is 1. The van der Waals surface area contributed by atoms with Gasteiger partial charge >= 0.3 is 5.97 Å². The molecule has 3 aromatic carbocycles. The molecule has 0 heterocycles. The number of rotatable bonds is 7. The van der Waals surface area contributed by atoms with E-state index in [0.717, 1.165) is 11.1 Å². The number of carbonyl (C=O) groups excluding carboxylic acids is 2. The first kappa shape index (κ1) is 19.8. The lowest BCUT2D eigenvalue weighted by Crippen LogP contribution is -2.04. The molecule has 0 saturated carbocycles. The standard InChI is InChI=1S/C25H20O4/c1-28-24-10-6-5-9-21(24)14-17-23(26)20-12-15-22(16-13-20)29-25(27)18-11-19-7-3-2-4-8-19/h2-18H,1H3/b17-14+,18-11+. The summed E-state index contributed by atoms with van der Waals surface area (Å²) in [6.45, 7) is 0. The lowest BCUT2D eigenvalue weighted by Gasteiger charge is -2.04. The molecule has 0 amide bonds. The Balaban J connectivity index is 1.60. The Morgan fingerprint density at radius 3 is 2.17 bits per heavy atom. The zero-order chi connectivity index (χ0) is 20.5. The summed E-state index contributed by atoms with van der Waals surface area (Å²) in [6, 6.07) is 23.4. The van der Waals surface area contributed by atoms with Crippen molar-refractivity contribution >= 4 is 23.9 Å². The van der Waals surface area contributed by atoms with Crippen LogP contribution in [0.3, 0.4) is 0 Å². The second kappa shape index (κ2) is 9.85. The Bertz CT molecular complexity index is 1030. The highest BCUT2D eigenvalue weighted by Crippen LogP contribution is 2.19. The van der Waals surface area contributed by atoms with Crippen molar-refractivity contribution in [3.05, 3.63) is 108 Å². The molecule has 0 bridgehead atoms. The van der Waals surface area contributed by atoms with Gasteiger partial charge in [0.1, 0.15) is 11.5 Å². The Morgan fingerprint density at radius 2 is 1.45 bits per heavy atom. The lowest BCUT2D eigenvalue weighted by atomic mass is 10.1. The lowest BCUT2D eigenvalue weighted by molar-refractivity contribution is -0.128. The van der Waals surface area contributed by atoms with Crippen molar-refractivity contribution in [1.82, 2.24) is 0 Å². The summed E-state index contributed by atoms with van der Waals surface area (Å²) in [5, 5.41) is 0. The number of carbonyl (C=O) groups is 2. The van der Waals surface area contributed by atoms with E-state index in [1.165, 1.54) is 12.2 Å². The Kier molecular flexibility index (Phi) is 6.74. The SMILES string of the molecule is COc1ccccc1/C=C/C(=O)c1ccc(OC(=O)/C=C/c2ccccc2)cc1. The molecule has 3 aromatic rings. The summed E-state index contributed by atoms with van der Waals surface area (Å²) in [5.74, 6) is 0.432.